The van der Waals surface area contributed by atoms with Gasteiger partial charge in [0.05, 0.1) is 19.4 Å². The number of carbonyl (C=O) groups excluding carboxylic acids is 3. The van der Waals surface area contributed by atoms with E-state index in [4.69, 9.17) is 15.2 Å². The Morgan fingerprint density at radius 3 is 2.17 bits per heavy atom. The third kappa shape index (κ3) is 9.76. The molecular formula is C23H36N2O5. The van der Waals surface area contributed by atoms with Crippen LogP contribution in [0.15, 0.2) is 24.3 Å². The second kappa shape index (κ2) is 15.3. The molecule has 2 N–H and O–H groups in total. The first-order chi connectivity index (χ1) is 14.5. The van der Waals surface area contributed by atoms with Crippen LogP contribution in [0.1, 0.15) is 77.6 Å². The highest BCUT2D eigenvalue weighted by molar-refractivity contribution is 6.13. The van der Waals surface area contributed by atoms with Crippen molar-refractivity contribution in [1.82, 2.24) is 0 Å². The van der Waals surface area contributed by atoms with Crippen LogP contribution < -0.4 is 15.4 Å². The minimum Gasteiger partial charge on any atom is -0.491 e. The SMILES string of the molecule is CCCCCCCCCCC(=O)N(C(=O)OC)c1ccccc1OCCCC(N)=O. The van der Waals surface area contributed by atoms with Gasteiger partial charge in [-0.05, 0) is 25.0 Å². The van der Waals surface area contributed by atoms with Crippen LogP contribution >= 0.6 is 0 Å². The number of ether oxygens (including phenoxy) is 2. The highest BCUT2D eigenvalue weighted by Crippen LogP contribution is 2.30. The number of primary amides is 1. The molecule has 0 aliphatic rings. The van der Waals surface area contributed by atoms with Crippen molar-refractivity contribution in [3.8, 4) is 5.75 Å². The molecule has 0 saturated carbocycles. The Bertz CT molecular complexity index is 663. The van der Waals surface area contributed by atoms with E-state index < -0.39 is 12.0 Å². The second-order valence-electron chi connectivity index (χ2n) is 7.31. The number of anilines is 1. The van der Waals surface area contributed by atoms with Crippen molar-refractivity contribution in [3.05, 3.63) is 24.3 Å². The maximum absolute atomic E-state index is 12.8. The molecule has 0 radical (unpaired) electrons. The van der Waals surface area contributed by atoms with Gasteiger partial charge in [0.2, 0.25) is 11.8 Å². The molecule has 168 valence electrons. The Labute approximate surface area is 179 Å². The van der Waals surface area contributed by atoms with Crippen molar-refractivity contribution >= 4 is 23.6 Å². The summed E-state index contributed by atoms with van der Waals surface area (Å²) in [5.41, 5.74) is 5.48. The zero-order valence-corrected chi connectivity index (χ0v) is 18.4. The number of nitrogens with two attached hydrogens (primary N) is 1. The van der Waals surface area contributed by atoms with Crippen molar-refractivity contribution in [2.24, 2.45) is 5.73 Å². The molecule has 0 fully saturated rings. The van der Waals surface area contributed by atoms with E-state index >= 15 is 0 Å². The van der Waals surface area contributed by atoms with E-state index in [0.717, 1.165) is 24.2 Å². The number of hydrogen-bond donors (Lipinski definition) is 1. The van der Waals surface area contributed by atoms with E-state index in [1.165, 1.54) is 39.2 Å². The standard InChI is InChI=1S/C23H36N2O5/c1-3-4-5-6-7-8-9-10-17-22(27)25(23(28)29-2)19-14-11-12-15-20(19)30-18-13-16-21(24)26/h11-12,14-15H,3-10,13,16-18H2,1-2H3,(H2,24,26). The van der Waals surface area contributed by atoms with Crippen LogP contribution in [0.3, 0.4) is 0 Å². The van der Waals surface area contributed by atoms with E-state index in [1.807, 2.05) is 0 Å². The van der Waals surface area contributed by atoms with Gasteiger partial charge in [0.25, 0.3) is 0 Å². The van der Waals surface area contributed by atoms with Crippen LogP contribution in [-0.4, -0.2) is 31.6 Å². The van der Waals surface area contributed by atoms with E-state index in [0.29, 0.717) is 17.9 Å². The van der Waals surface area contributed by atoms with E-state index in [-0.39, 0.29) is 25.4 Å². The minimum atomic E-state index is -0.743. The lowest BCUT2D eigenvalue weighted by Crippen LogP contribution is -2.37. The maximum Gasteiger partial charge on any atom is 0.421 e. The first-order valence-corrected chi connectivity index (χ1v) is 10.9. The molecule has 0 bridgehead atoms. The molecule has 3 amide bonds. The minimum absolute atomic E-state index is 0.209. The number of methoxy groups -OCH3 is 1. The number of carbonyl (C=O) groups is 3. The Morgan fingerprint density at radius 2 is 1.53 bits per heavy atom. The first-order valence-electron chi connectivity index (χ1n) is 10.9. The smallest absolute Gasteiger partial charge is 0.421 e. The van der Waals surface area contributed by atoms with Crippen molar-refractivity contribution in [3.63, 3.8) is 0 Å². The van der Waals surface area contributed by atoms with E-state index in [2.05, 4.69) is 6.92 Å². The molecule has 1 aromatic carbocycles. The Balaban J connectivity index is 2.65. The predicted octanol–water partition coefficient (Wildman–Crippen LogP) is 4.96. The summed E-state index contributed by atoms with van der Waals surface area (Å²) in [4.78, 5) is 37.0. The third-order valence-corrected chi connectivity index (χ3v) is 4.78. The largest absolute Gasteiger partial charge is 0.491 e. The van der Waals surface area contributed by atoms with Crippen molar-refractivity contribution in [2.75, 3.05) is 18.6 Å². The van der Waals surface area contributed by atoms with Crippen molar-refractivity contribution in [2.45, 2.75) is 77.6 Å². The van der Waals surface area contributed by atoms with Crippen molar-refractivity contribution in [1.29, 1.82) is 0 Å². The molecule has 0 saturated heterocycles. The van der Waals surface area contributed by atoms with E-state index in [1.54, 1.807) is 24.3 Å². The fraction of sp³-hybridized carbons (Fsp3) is 0.609. The average Bonchev–Trinajstić information content (AvgIpc) is 2.74. The van der Waals surface area contributed by atoms with Gasteiger partial charge < -0.3 is 15.2 Å². The Kier molecular flexibility index (Phi) is 13.0. The molecule has 30 heavy (non-hydrogen) atoms. The van der Waals surface area contributed by atoms with Gasteiger partial charge in [-0.15, -0.1) is 0 Å². The van der Waals surface area contributed by atoms with Gasteiger partial charge in [0.15, 0.2) is 0 Å². The molecule has 0 heterocycles. The second-order valence-corrected chi connectivity index (χ2v) is 7.31. The van der Waals surface area contributed by atoms with E-state index in [9.17, 15) is 14.4 Å². The number of nitrogens with zero attached hydrogens (tertiary/aromatic N) is 1. The summed E-state index contributed by atoms with van der Waals surface area (Å²) in [5.74, 6) is -0.332. The number of para-hydroxylation sites is 2. The predicted molar refractivity (Wildman–Crippen MR) is 117 cm³/mol. The van der Waals surface area contributed by atoms with Gasteiger partial charge >= 0.3 is 6.09 Å². The Hall–Kier alpha value is -2.57. The topological polar surface area (TPSA) is 98.9 Å². The molecule has 1 aromatic rings. The molecular weight excluding hydrogens is 384 g/mol. The van der Waals surface area contributed by atoms with Gasteiger partial charge in [-0.3, -0.25) is 9.59 Å². The summed E-state index contributed by atoms with van der Waals surface area (Å²) in [6.07, 6.45) is 9.14. The van der Waals surface area contributed by atoms with Crippen LogP contribution in [0, 0.1) is 0 Å². The zero-order chi connectivity index (χ0) is 22.2. The molecule has 7 heteroatoms. The summed E-state index contributed by atoms with van der Waals surface area (Å²) < 4.78 is 10.5. The summed E-state index contributed by atoms with van der Waals surface area (Å²) in [6, 6.07) is 6.81. The molecule has 0 aliphatic carbocycles. The quantitative estimate of drug-likeness (QED) is 0.404. The average molecular weight is 421 g/mol. The number of rotatable bonds is 15. The van der Waals surface area contributed by atoms with Gasteiger partial charge in [-0.25, -0.2) is 9.69 Å². The lowest BCUT2D eigenvalue weighted by Gasteiger charge is -2.22. The molecule has 7 nitrogen and oxygen atoms in total. The molecule has 0 unspecified atom stereocenters. The van der Waals surface area contributed by atoms with Gasteiger partial charge in [-0.2, -0.15) is 0 Å². The molecule has 0 aliphatic heterocycles. The molecule has 1 rings (SSSR count). The lowest BCUT2D eigenvalue weighted by atomic mass is 10.1. The summed E-state index contributed by atoms with van der Waals surface area (Å²) in [7, 11) is 1.25. The summed E-state index contributed by atoms with van der Waals surface area (Å²) in [6.45, 7) is 2.45. The number of benzene rings is 1. The third-order valence-electron chi connectivity index (χ3n) is 4.78. The maximum atomic E-state index is 12.8. The molecule has 0 aromatic heterocycles. The number of imide groups is 1. The highest BCUT2D eigenvalue weighted by atomic mass is 16.5. The number of hydrogen-bond acceptors (Lipinski definition) is 5. The summed E-state index contributed by atoms with van der Waals surface area (Å²) in [5, 5.41) is 0. The Morgan fingerprint density at radius 1 is 0.900 bits per heavy atom. The van der Waals surface area contributed by atoms with Gasteiger partial charge in [0.1, 0.15) is 5.75 Å². The van der Waals surface area contributed by atoms with Crippen LogP contribution in [-0.2, 0) is 14.3 Å². The monoisotopic (exact) mass is 420 g/mol. The number of amides is 3. The van der Waals surface area contributed by atoms with Crippen LogP contribution in [0.25, 0.3) is 0 Å². The lowest BCUT2D eigenvalue weighted by molar-refractivity contribution is -0.119. The molecule has 0 atom stereocenters. The van der Waals surface area contributed by atoms with Crippen LogP contribution in [0.2, 0.25) is 0 Å². The van der Waals surface area contributed by atoms with Gasteiger partial charge in [0, 0.05) is 12.8 Å². The fourth-order valence-corrected chi connectivity index (χ4v) is 3.14. The summed E-state index contributed by atoms with van der Waals surface area (Å²) >= 11 is 0. The normalized spacial score (nSPS) is 10.5. The fourth-order valence-electron chi connectivity index (χ4n) is 3.14. The van der Waals surface area contributed by atoms with Crippen LogP contribution in [0.4, 0.5) is 10.5 Å². The zero-order valence-electron chi connectivity index (χ0n) is 18.4. The van der Waals surface area contributed by atoms with Crippen LogP contribution in [0.5, 0.6) is 5.75 Å². The molecule has 0 spiro atoms. The number of unbranched alkanes of at least 4 members (excludes halogenated alkanes) is 7. The van der Waals surface area contributed by atoms with Crippen molar-refractivity contribution < 1.29 is 23.9 Å². The highest BCUT2D eigenvalue weighted by Gasteiger charge is 2.26. The van der Waals surface area contributed by atoms with Gasteiger partial charge in [-0.1, -0.05) is 64.0 Å². The first kappa shape index (κ1) is 25.5.